The van der Waals surface area contributed by atoms with Gasteiger partial charge in [0.1, 0.15) is 0 Å². The van der Waals surface area contributed by atoms with E-state index in [0.29, 0.717) is 12.1 Å². The summed E-state index contributed by atoms with van der Waals surface area (Å²) in [5.74, 6) is -4.94. The maximum atomic E-state index is 13.2. The van der Waals surface area contributed by atoms with E-state index in [1.807, 2.05) is 0 Å². The molecule has 0 saturated carbocycles. The van der Waals surface area contributed by atoms with Gasteiger partial charge in [0, 0.05) is 11.8 Å². The van der Waals surface area contributed by atoms with Gasteiger partial charge in [-0.2, -0.15) is 0 Å². The van der Waals surface area contributed by atoms with Crippen LogP contribution in [0.5, 0.6) is 0 Å². The number of aliphatic hydroxyl groups excluding tert-OH is 1. The van der Waals surface area contributed by atoms with Crippen molar-refractivity contribution in [1.82, 2.24) is 0 Å². The SMILES string of the molecule is CS(=O)(=O)c1cc(F)c(F)c(C(O)C(=O)O)c1. The van der Waals surface area contributed by atoms with E-state index in [1.54, 1.807) is 0 Å². The third-order valence-electron chi connectivity index (χ3n) is 1.99. The lowest BCUT2D eigenvalue weighted by Gasteiger charge is -2.09. The van der Waals surface area contributed by atoms with Crippen molar-refractivity contribution >= 4 is 15.8 Å². The molecule has 1 atom stereocenters. The molecule has 1 aromatic rings. The summed E-state index contributed by atoms with van der Waals surface area (Å²) in [7, 11) is -3.83. The number of rotatable bonds is 3. The van der Waals surface area contributed by atoms with Crippen molar-refractivity contribution in [2.75, 3.05) is 6.26 Å². The van der Waals surface area contributed by atoms with Crippen molar-refractivity contribution in [1.29, 1.82) is 0 Å². The summed E-state index contributed by atoms with van der Waals surface area (Å²) in [6.07, 6.45) is -1.58. The van der Waals surface area contributed by atoms with Gasteiger partial charge in [0.15, 0.2) is 27.6 Å². The largest absolute Gasteiger partial charge is 0.479 e. The van der Waals surface area contributed by atoms with Gasteiger partial charge >= 0.3 is 5.97 Å². The van der Waals surface area contributed by atoms with Crippen molar-refractivity contribution in [3.8, 4) is 0 Å². The summed E-state index contributed by atoms with van der Waals surface area (Å²) in [6, 6.07) is 1.01. The molecule has 0 aliphatic rings. The predicted octanol–water partition coefficient (Wildman–Crippen LogP) is 0.486. The Kier molecular flexibility index (Phi) is 3.48. The van der Waals surface area contributed by atoms with Crippen molar-refractivity contribution < 1.29 is 32.2 Å². The summed E-state index contributed by atoms with van der Waals surface area (Å²) < 4.78 is 48.5. The van der Waals surface area contributed by atoms with E-state index in [0.717, 1.165) is 6.26 Å². The van der Waals surface area contributed by atoms with Crippen LogP contribution in [0.25, 0.3) is 0 Å². The number of carboxylic acid groups (broad SMARTS) is 1. The molecule has 5 nitrogen and oxygen atoms in total. The van der Waals surface area contributed by atoms with E-state index in [4.69, 9.17) is 10.2 Å². The van der Waals surface area contributed by atoms with Crippen molar-refractivity contribution in [3.05, 3.63) is 29.3 Å². The fourth-order valence-corrected chi connectivity index (χ4v) is 1.79. The zero-order valence-corrected chi connectivity index (χ0v) is 9.33. The van der Waals surface area contributed by atoms with Crippen LogP contribution in [-0.2, 0) is 14.6 Å². The molecular weight excluding hydrogens is 258 g/mol. The van der Waals surface area contributed by atoms with Gasteiger partial charge in [-0.25, -0.2) is 22.0 Å². The molecule has 8 heteroatoms. The predicted molar refractivity (Wildman–Crippen MR) is 52.1 cm³/mol. The van der Waals surface area contributed by atoms with Gasteiger partial charge in [-0.3, -0.25) is 0 Å². The molecule has 1 unspecified atom stereocenters. The monoisotopic (exact) mass is 266 g/mol. The molecule has 0 aromatic heterocycles. The number of aliphatic hydroxyl groups is 1. The Labute approximate surface area is 95.2 Å². The van der Waals surface area contributed by atoms with Crippen LogP contribution in [0.15, 0.2) is 17.0 Å². The Morgan fingerprint density at radius 1 is 1.35 bits per heavy atom. The summed E-state index contributed by atoms with van der Waals surface area (Å²) >= 11 is 0. The molecule has 17 heavy (non-hydrogen) atoms. The quantitative estimate of drug-likeness (QED) is 0.777. The molecule has 0 aliphatic heterocycles. The molecule has 0 spiro atoms. The smallest absolute Gasteiger partial charge is 0.337 e. The van der Waals surface area contributed by atoms with Crippen LogP contribution in [-0.4, -0.2) is 30.9 Å². The van der Waals surface area contributed by atoms with Crippen LogP contribution in [0.1, 0.15) is 11.7 Å². The zero-order chi connectivity index (χ0) is 13.4. The van der Waals surface area contributed by atoms with Crippen molar-refractivity contribution in [2.24, 2.45) is 0 Å². The lowest BCUT2D eigenvalue weighted by Crippen LogP contribution is -2.14. The fourth-order valence-electron chi connectivity index (χ4n) is 1.13. The number of carboxylic acids is 1. The molecule has 0 aliphatic carbocycles. The Balaban J connectivity index is 3.51. The maximum Gasteiger partial charge on any atom is 0.337 e. The number of hydrogen-bond donors (Lipinski definition) is 2. The van der Waals surface area contributed by atoms with Crippen molar-refractivity contribution in [3.63, 3.8) is 0 Å². The molecule has 1 aromatic carbocycles. The summed E-state index contributed by atoms with van der Waals surface area (Å²) in [6.45, 7) is 0. The average Bonchev–Trinajstić information content (AvgIpc) is 2.19. The van der Waals surface area contributed by atoms with E-state index in [1.165, 1.54) is 0 Å². The van der Waals surface area contributed by atoms with Crippen molar-refractivity contribution in [2.45, 2.75) is 11.0 Å². The number of halogens is 2. The Morgan fingerprint density at radius 2 is 1.88 bits per heavy atom. The van der Waals surface area contributed by atoms with E-state index in [2.05, 4.69) is 0 Å². The Morgan fingerprint density at radius 3 is 2.29 bits per heavy atom. The number of benzene rings is 1. The maximum absolute atomic E-state index is 13.2. The standard InChI is InChI=1S/C9H8F2O5S/c1-17(15,16)4-2-5(8(12)9(13)14)7(11)6(10)3-4/h2-3,8,12H,1H3,(H,13,14). The van der Waals surface area contributed by atoms with Gasteiger partial charge in [0.05, 0.1) is 4.90 Å². The van der Waals surface area contributed by atoms with Gasteiger partial charge in [-0.05, 0) is 12.1 Å². The molecule has 0 heterocycles. The highest BCUT2D eigenvalue weighted by Gasteiger charge is 2.25. The number of sulfone groups is 1. The first kappa shape index (κ1) is 13.5. The molecule has 2 N–H and O–H groups in total. The molecule has 94 valence electrons. The minimum atomic E-state index is -3.83. The first-order valence-electron chi connectivity index (χ1n) is 4.24. The van der Waals surface area contributed by atoms with E-state index in [9.17, 15) is 22.0 Å². The number of aliphatic carboxylic acids is 1. The zero-order valence-electron chi connectivity index (χ0n) is 8.52. The van der Waals surface area contributed by atoms with Crippen LogP contribution in [0.4, 0.5) is 8.78 Å². The fraction of sp³-hybridized carbons (Fsp3) is 0.222. The number of carbonyl (C=O) groups is 1. The second kappa shape index (κ2) is 4.38. The lowest BCUT2D eigenvalue weighted by atomic mass is 10.1. The normalized spacial score (nSPS) is 13.4. The first-order chi connectivity index (χ1) is 7.64. The highest BCUT2D eigenvalue weighted by Crippen LogP contribution is 2.24. The first-order valence-corrected chi connectivity index (χ1v) is 6.13. The van der Waals surface area contributed by atoms with Crippen LogP contribution < -0.4 is 0 Å². The lowest BCUT2D eigenvalue weighted by molar-refractivity contribution is -0.147. The topological polar surface area (TPSA) is 91.7 Å². The molecule has 0 bridgehead atoms. The Bertz CT molecular complexity index is 567. The minimum Gasteiger partial charge on any atom is -0.479 e. The molecule has 0 amide bonds. The van der Waals surface area contributed by atoms with Gasteiger partial charge in [0.25, 0.3) is 0 Å². The van der Waals surface area contributed by atoms with Gasteiger partial charge in [-0.1, -0.05) is 0 Å². The van der Waals surface area contributed by atoms with E-state index >= 15 is 0 Å². The van der Waals surface area contributed by atoms with Gasteiger partial charge < -0.3 is 10.2 Å². The molecule has 0 radical (unpaired) electrons. The third kappa shape index (κ3) is 2.77. The number of hydrogen-bond acceptors (Lipinski definition) is 4. The van der Waals surface area contributed by atoms with Crippen LogP contribution >= 0.6 is 0 Å². The van der Waals surface area contributed by atoms with Gasteiger partial charge in [0.2, 0.25) is 0 Å². The minimum absolute atomic E-state index is 0.419. The molecule has 0 fully saturated rings. The van der Waals surface area contributed by atoms with E-state index < -0.39 is 44.0 Å². The van der Waals surface area contributed by atoms with Crippen LogP contribution in [0, 0.1) is 11.6 Å². The molecule has 0 saturated heterocycles. The second-order valence-electron chi connectivity index (χ2n) is 3.32. The second-order valence-corrected chi connectivity index (χ2v) is 5.34. The highest BCUT2D eigenvalue weighted by atomic mass is 32.2. The van der Waals surface area contributed by atoms with E-state index in [-0.39, 0.29) is 0 Å². The molecular formula is C9H8F2O5S. The summed E-state index contributed by atoms with van der Waals surface area (Å²) in [5.41, 5.74) is -0.932. The Hall–Kier alpha value is -1.54. The summed E-state index contributed by atoms with van der Waals surface area (Å²) in [4.78, 5) is 9.83. The molecule has 1 rings (SSSR count). The van der Waals surface area contributed by atoms with Crippen LogP contribution in [0.3, 0.4) is 0 Å². The average molecular weight is 266 g/mol. The highest BCUT2D eigenvalue weighted by molar-refractivity contribution is 7.90. The van der Waals surface area contributed by atoms with Crippen LogP contribution in [0.2, 0.25) is 0 Å². The van der Waals surface area contributed by atoms with Gasteiger partial charge in [-0.15, -0.1) is 0 Å². The summed E-state index contributed by atoms with van der Waals surface area (Å²) in [5, 5.41) is 17.5. The third-order valence-corrected chi connectivity index (χ3v) is 3.08.